The fraction of sp³-hybridized carbons (Fsp3) is 0. The Labute approximate surface area is 76.3 Å². The molecule has 0 amide bonds. The minimum absolute atomic E-state index is 0.00118. The second-order valence-electron chi connectivity index (χ2n) is 1.88. The lowest BCUT2D eigenvalue weighted by Crippen LogP contribution is -1.88. The molecule has 0 unspecified atom stereocenters. The molecule has 0 saturated carbocycles. The highest BCUT2D eigenvalue weighted by Gasteiger charge is 2.08. The van der Waals surface area contributed by atoms with E-state index in [4.69, 9.17) is 11.6 Å². The molecule has 58 valence electrons. The number of rotatable bonds is 1. The largest absolute Gasteiger partial charge is 0.298 e. The molecule has 1 aromatic carbocycles. The van der Waals surface area contributed by atoms with Crippen LogP contribution in [-0.4, -0.2) is 6.29 Å². The van der Waals surface area contributed by atoms with Gasteiger partial charge < -0.3 is 0 Å². The van der Waals surface area contributed by atoms with Crippen LogP contribution >= 0.6 is 27.5 Å². The predicted octanol–water partition coefficient (Wildman–Crippen LogP) is 3.05. The average molecular weight is 237 g/mol. The molecule has 0 N–H and O–H groups in total. The van der Waals surface area contributed by atoms with Crippen molar-refractivity contribution in [2.24, 2.45) is 0 Å². The van der Waals surface area contributed by atoms with Gasteiger partial charge in [-0.25, -0.2) is 4.39 Å². The number of carbonyl (C=O) groups is 1. The summed E-state index contributed by atoms with van der Waals surface area (Å²) < 4.78 is 13.0. The summed E-state index contributed by atoms with van der Waals surface area (Å²) in [6, 6.07) is 2.79. The fourth-order valence-corrected chi connectivity index (χ4v) is 1.14. The molecule has 0 aliphatic carbocycles. The first kappa shape index (κ1) is 8.68. The van der Waals surface area contributed by atoms with Crippen LogP contribution < -0.4 is 0 Å². The monoisotopic (exact) mass is 236 g/mol. The number of benzene rings is 1. The highest BCUT2D eigenvalue weighted by Crippen LogP contribution is 2.26. The van der Waals surface area contributed by atoms with Crippen LogP contribution in [0.3, 0.4) is 0 Å². The second-order valence-corrected chi connectivity index (χ2v) is 3.08. The third kappa shape index (κ3) is 1.60. The maximum absolute atomic E-state index is 12.9. The van der Waals surface area contributed by atoms with E-state index in [2.05, 4.69) is 15.9 Å². The van der Waals surface area contributed by atoms with Crippen LogP contribution in [0, 0.1) is 5.82 Å². The third-order valence-electron chi connectivity index (χ3n) is 1.19. The van der Waals surface area contributed by atoms with Crippen molar-refractivity contribution in [1.29, 1.82) is 0 Å². The Balaban J connectivity index is 3.36. The molecule has 0 bridgehead atoms. The van der Waals surface area contributed by atoms with Crippen molar-refractivity contribution in [2.45, 2.75) is 0 Å². The van der Waals surface area contributed by atoms with Gasteiger partial charge >= 0.3 is 0 Å². The van der Waals surface area contributed by atoms with Crippen LogP contribution in [0.15, 0.2) is 16.6 Å². The van der Waals surface area contributed by atoms with Crippen molar-refractivity contribution < 1.29 is 9.18 Å². The molecule has 0 spiro atoms. The number of hydrogen-bond acceptors (Lipinski definition) is 1. The van der Waals surface area contributed by atoms with Crippen molar-refractivity contribution in [3.05, 3.63) is 33.0 Å². The second kappa shape index (κ2) is 3.32. The number of halogens is 3. The Kier molecular flexibility index (Phi) is 2.62. The Morgan fingerprint density at radius 1 is 1.55 bits per heavy atom. The van der Waals surface area contributed by atoms with Crippen molar-refractivity contribution >= 4 is 33.8 Å². The van der Waals surface area contributed by atoms with Gasteiger partial charge in [-0.2, -0.15) is 0 Å². The SMILES string of the molecule is O=Cc1ccc(Cl)c(Br)c1F. The van der Waals surface area contributed by atoms with E-state index in [0.717, 1.165) is 0 Å². The van der Waals surface area contributed by atoms with Gasteiger partial charge in [0.05, 0.1) is 15.1 Å². The zero-order valence-electron chi connectivity index (χ0n) is 5.27. The van der Waals surface area contributed by atoms with Crippen molar-refractivity contribution in [3.8, 4) is 0 Å². The average Bonchev–Trinajstić information content (AvgIpc) is 2.01. The van der Waals surface area contributed by atoms with Crippen LogP contribution in [0.1, 0.15) is 10.4 Å². The topological polar surface area (TPSA) is 17.1 Å². The summed E-state index contributed by atoms with van der Waals surface area (Å²) in [7, 11) is 0. The summed E-state index contributed by atoms with van der Waals surface area (Å²) in [5.41, 5.74) is 0.00118. The molecule has 0 fully saturated rings. The molecule has 0 saturated heterocycles. The third-order valence-corrected chi connectivity index (χ3v) is 2.51. The van der Waals surface area contributed by atoms with Gasteiger partial charge in [0.15, 0.2) is 6.29 Å². The molecule has 4 heteroatoms. The summed E-state index contributed by atoms with van der Waals surface area (Å²) in [6.07, 6.45) is 0.441. The Morgan fingerprint density at radius 3 is 2.73 bits per heavy atom. The molecule has 0 aliphatic heterocycles. The first-order chi connectivity index (χ1) is 5.16. The maximum Gasteiger partial charge on any atom is 0.153 e. The molecule has 1 aromatic rings. The lowest BCUT2D eigenvalue weighted by Gasteiger charge is -1.98. The number of carbonyl (C=O) groups excluding carboxylic acids is 1. The molecular formula is C7H3BrClFO. The smallest absolute Gasteiger partial charge is 0.153 e. The number of aldehydes is 1. The summed E-state index contributed by atoms with van der Waals surface area (Å²) in [4.78, 5) is 10.2. The highest BCUT2D eigenvalue weighted by molar-refractivity contribution is 9.10. The van der Waals surface area contributed by atoms with Gasteiger partial charge in [0.2, 0.25) is 0 Å². The summed E-state index contributed by atoms with van der Waals surface area (Å²) in [5.74, 6) is -0.618. The van der Waals surface area contributed by atoms with Gasteiger partial charge in [0.1, 0.15) is 5.82 Å². The molecule has 0 radical (unpaired) electrons. The Morgan fingerprint density at radius 2 is 2.18 bits per heavy atom. The van der Waals surface area contributed by atoms with Gasteiger partial charge in [-0.1, -0.05) is 11.6 Å². The molecule has 0 aromatic heterocycles. The van der Waals surface area contributed by atoms with E-state index in [9.17, 15) is 9.18 Å². The zero-order chi connectivity index (χ0) is 8.43. The van der Waals surface area contributed by atoms with E-state index in [1.165, 1.54) is 12.1 Å². The predicted molar refractivity (Wildman–Crippen MR) is 44.5 cm³/mol. The lowest BCUT2D eigenvalue weighted by atomic mass is 10.2. The Bertz CT molecular complexity index is 301. The van der Waals surface area contributed by atoms with Crippen LogP contribution in [-0.2, 0) is 0 Å². The maximum atomic E-state index is 12.9. The lowest BCUT2D eigenvalue weighted by molar-refractivity contribution is 0.111. The van der Waals surface area contributed by atoms with E-state index in [-0.39, 0.29) is 15.1 Å². The van der Waals surface area contributed by atoms with Gasteiger partial charge in [-0.3, -0.25) is 4.79 Å². The van der Waals surface area contributed by atoms with Crippen molar-refractivity contribution in [2.75, 3.05) is 0 Å². The van der Waals surface area contributed by atoms with E-state index < -0.39 is 5.82 Å². The quantitative estimate of drug-likeness (QED) is 0.542. The van der Waals surface area contributed by atoms with Crippen molar-refractivity contribution in [3.63, 3.8) is 0 Å². The van der Waals surface area contributed by atoms with Crippen LogP contribution in [0.5, 0.6) is 0 Å². The van der Waals surface area contributed by atoms with Gasteiger partial charge in [-0.05, 0) is 28.1 Å². The van der Waals surface area contributed by atoms with E-state index in [1.54, 1.807) is 0 Å². The van der Waals surface area contributed by atoms with Crippen LogP contribution in [0.25, 0.3) is 0 Å². The molecule has 0 aliphatic rings. The van der Waals surface area contributed by atoms with E-state index in [0.29, 0.717) is 6.29 Å². The molecule has 11 heavy (non-hydrogen) atoms. The fourth-order valence-electron chi connectivity index (χ4n) is 0.632. The highest BCUT2D eigenvalue weighted by atomic mass is 79.9. The first-order valence-electron chi connectivity index (χ1n) is 2.75. The molecule has 1 rings (SSSR count). The van der Waals surface area contributed by atoms with Crippen LogP contribution in [0.4, 0.5) is 4.39 Å². The Hall–Kier alpha value is -0.410. The van der Waals surface area contributed by atoms with Gasteiger partial charge in [0.25, 0.3) is 0 Å². The van der Waals surface area contributed by atoms with E-state index in [1.807, 2.05) is 0 Å². The number of hydrogen-bond donors (Lipinski definition) is 0. The molecule has 0 atom stereocenters. The first-order valence-corrected chi connectivity index (χ1v) is 3.92. The van der Waals surface area contributed by atoms with Crippen LogP contribution in [0.2, 0.25) is 5.02 Å². The molecule has 0 heterocycles. The van der Waals surface area contributed by atoms with Gasteiger partial charge in [0, 0.05) is 0 Å². The normalized spacial score (nSPS) is 9.73. The van der Waals surface area contributed by atoms with Crippen molar-refractivity contribution in [1.82, 2.24) is 0 Å². The summed E-state index contributed by atoms with van der Waals surface area (Å²) >= 11 is 8.45. The standard InChI is InChI=1S/C7H3BrClFO/c8-6-5(9)2-1-4(3-11)7(6)10/h1-3H. The zero-order valence-corrected chi connectivity index (χ0v) is 7.62. The molecular weight excluding hydrogens is 234 g/mol. The summed E-state index contributed by atoms with van der Waals surface area (Å²) in [6.45, 7) is 0. The van der Waals surface area contributed by atoms with E-state index >= 15 is 0 Å². The minimum atomic E-state index is -0.618. The molecule has 1 nitrogen and oxygen atoms in total. The van der Waals surface area contributed by atoms with Gasteiger partial charge in [-0.15, -0.1) is 0 Å². The minimum Gasteiger partial charge on any atom is -0.298 e. The summed E-state index contributed by atoms with van der Waals surface area (Å²) in [5, 5.41) is 0.258.